The van der Waals surface area contributed by atoms with Gasteiger partial charge in [-0.25, -0.2) is 0 Å². The van der Waals surface area contributed by atoms with Gasteiger partial charge in [-0.3, -0.25) is 9.69 Å². The molecule has 0 bridgehead atoms. The van der Waals surface area contributed by atoms with Crippen LogP contribution in [-0.4, -0.2) is 53.8 Å². The van der Waals surface area contributed by atoms with Crippen molar-refractivity contribution in [1.82, 2.24) is 15.4 Å². The number of rotatable bonds is 5. The molecule has 3 fully saturated rings. The Labute approximate surface area is 142 Å². The van der Waals surface area contributed by atoms with Gasteiger partial charge in [0.2, 0.25) is 0 Å². The van der Waals surface area contributed by atoms with Gasteiger partial charge in [0.1, 0.15) is 5.76 Å². The Balaban J connectivity index is 1.45. The summed E-state index contributed by atoms with van der Waals surface area (Å²) in [4.78, 5) is 15.2. The van der Waals surface area contributed by atoms with Gasteiger partial charge in [-0.05, 0) is 32.6 Å². The van der Waals surface area contributed by atoms with Gasteiger partial charge in [0, 0.05) is 36.7 Å². The van der Waals surface area contributed by atoms with Crippen molar-refractivity contribution in [3.63, 3.8) is 0 Å². The van der Waals surface area contributed by atoms with Crippen LogP contribution >= 0.6 is 0 Å². The zero-order chi connectivity index (χ0) is 16.6. The van der Waals surface area contributed by atoms with Crippen molar-refractivity contribution in [1.29, 1.82) is 0 Å². The molecule has 0 aromatic carbocycles. The monoisotopic (exact) mass is 333 g/mol. The third kappa shape index (κ3) is 2.97. The first-order chi connectivity index (χ1) is 11.7. The number of hydrogen-bond acceptors (Lipinski definition) is 5. The Morgan fingerprint density at radius 3 is 2.71 bits per heavy atom. The van der Waals surface area contributed by atoms with E-state index >= 15 is 0 Å². The molecule has 1 aromatic rings. The lowest BCUT2D eigenvalue weighted by Crippen LogP contribution is -2.62. The van der Waals surface area contributed by atoms with Crippen molar-refractivity contribution < 1.29 is 14.1 Å². The van der Waals surface area contributed by atoms with Gasteiger partial charge in [0.15, 0.2) is 5.69 Å². The Bertz CT molecular complexity index is 584. The first-order valence-electron chi connectivity index (χ1n) is 9.29. The molecule has 132 valence electrons. The van der Waals surface area contributed by atoms with Crippen molar-refractivity contribution in [2.24, 2.45) is 0 Å². The highest BCUT2D eigenvalue weighted by molar-refractivity contribution is 5.92. The molecule has 1 N–H and O–H groups in total. The van der Waals surface area contributed by atoms with Gasteiger partial charge >= 0.3 is 0 Å². The van der Waals surface area contributed by atoms with Crippen LogP contribution in [0.4, 0.5) is 0 Å². The number of nitrogens with one attached hydrogen (secondary N) is 1. The van der Waals surface area contributed by atoms with E-state index in [4.69, 9.17) is 9.26 Å². The molecule has 3 aliphatic rings. The van der Waals surface area contributed by atoms with Crippen LogP contribution in [-0.2, 0) is 4.74 Å². The molecule has 0 spiro atoms. The second-order valence-electron chi connectivity index (χ2n) is 7.49. The number of hydrogen-bond donors (Lipinski definition) is 1. The average molecular weight is 333 g/mol. The van der Waals surface area contributed by atoms with E-state index in [0.29, 0.717) is 11.6 Å². The van der Waals surface area contributed by atoms with Crippen molar-refractivity contribution >= 4 is 5.91 Å². The number of carbonyl (C=O) groups is 1. The number of morpholine rings is 1. The van der Waals surface area contributed by atoms with Crippen LogP contribution in [0.15, 0.2) is 10.6 Å². The molecule has 2 saturated carbocycles. The first-order valence-corrected chi connectivity index (χ1v) is 9.29. The van der Waals surface area contributed by atoms with Crippen LogP contribution in [0.25, 0.3) is 0 Å². The summed E-state index contributed by atoms with van der Waals surface area (Å²) in [6, 6.07) is 1.90. The number of ether oxygens (including phenoxy) is 1. The van der Waals surface area contributed by atoms with Gasteiger partial charge in [-0.15, -0.1) is 0 Å². The van der Waals surface area contributed by atoms with Crippen LogP contribution in [0.1, 0.15) is 67.6 Å². The minimum Gasteiger partial charge on any atom is -0.379 e. The SMILES string of the molecule is CC(NC(=O)c1cc(C2CC2)on1)C1(N2CCOCC2)CCCC1. The Kier molecular flexibility index (Phi) is 4.35. The summed E-state index contributed by atoms with van der Waals surface area (Å²) in [6.07, 6.45) is 7.03. The molecular formula is C18H27N3O3. The lowest BCUT2D eigenvalue weighted by Gasteiger charge is -2.47. The highest BCUT2D eigenvalue weighted by Crippen LogP contribution is 2.40. The van der Waals surface area contributed by atoms with Gasteiger partial charge in [0.25, 0.3) is 5.91 Å². The van der Waals surface area contributed by atoms with E-state index in [0.717, 1.165) is 57.7 Å². The maximum atomic E-state index is 12.6. The molecule has 1 amide bonds. The molecule has 2 aliphatic carbocycles. The molecule has 1 unspecified atom stereocenters. The molecule has 1 saturated heterocycles. The zero-order valence-corrected chi connectivity index (χ0v) is 14.4. The zero-order valence-electron chi connectivity index (χ0n) is 14.4. The molecule has 2 heterocycles. The highest BCUT2D eigenvalue weighted by Gasteiger charge is 2.45. The van der Waals surface area contributed by atoms with E-state index in [-0.39, 0.29) is 17.5 Å². The average Bonchev–Trinajstić information content (AvgIpc) is 3.14. The Morgan fingerprint density at radius 1 is 1.33 bits per heavy atom. The van der Waals surface area contributed by atoms with Crippen molar-refractivity contribution in [3.05, 3.63) is 17.5 Å². The fourth-order valence-electron chi connectivity index (χ4n) is 4.38. The fourth-order valence-corrected chi connectivity index (χ4v) is 4.38. The second-order valence-corrected chi connectivity index (χ2v) is 7.49. The summed E-state index contributed by atoms with van der Waals surface area (Å²) in [7, 11) is 0. The number of aromatic nitrogens is 1. The Hall–Kier alpha value is -1.40. The molecule has 1 aromatic heterocycles. The second kappa shape index (κ2) is 6.48. The highest BCUT2D eigenvalue weighted by atomic mass is 16.5. The van der Waals surface area contributed by atoms with Crippen LogP contribution in [0.5, 0.6) is 0 Å². The summed E-state index contributed by atoms with van der Waals surface area (Å²) in [5.74, 6) is 1.22. The lowest BCUT2D eigenvalue weighted by molar-refractivity contribution is -0.0323. The van der Waals surface area contributed by atoms with Crippen molar-refractivity contribution in [2.45, 2.75) is 62.9 Å². The van der Waals surface area contributed by atoms with E-state index < -0.39 is 0 Å². The van der Waals surface area contributed by atoms with E-state index in [1.165, 1.54) is 12.8 Å². The third-order valence-electron chi connectivity index (χ3n) is 6.00. The first kappa shape index (κ1) is 16.1. The predicted molar refractivity (Wildman–Crippen MR) is 89.0 cm³/mol. The minimum atomic E-state index is -0.113. The predicted octanol–water partition coefficient (Wildman–Crippen LogP) is 2.32. The minimum absolute atomic E-state index is 0.0580. The molecule has 0 radical (unpaired) electrons. The van der Waals surface area contributed by atoms with E-state index in [9.17, 15) is 4.79 Å². The smallest absolute Gasteiger partial charge is 0.273 e. The van der Waals surface area contributed by atoms with Gasteiger partial charge in [0.05, 0.1) is 13.2 Å². The summed E-state index contributed by atoms with van der Waals surface area (Å²) in [5, 5.41) is 7.18. The van der Waals surface area contributed by atoms with Gasteiger partial charge < -0.3 is 14.6 Å². The largest absolute Gasteiger partial charge is 0.379 e. The van der Waals surface area contributed by atoms with E-state index in [2.05, 4.69) is 22.3 Å². The van der Waals surface area contributed by atoms with Gasteiger partial charge in [-0.2, -0.15) is 0 Å². The van der Waals surface area contributed by atoms with E-state index in [1.807, 2.05) is 6.07 Å². The topological polar surface area (TPSA) is 67.6 Å². The summed E-state index contributed by atoms with van der Waals surface area (Å²) < 4.78 is 10.8. The third-order valence-corrected chi connectivity index (χ3v) is 6.00. The molecule has 1 aliphatic heterocycles. The standard InChI is InChI=1S/C18H27N3O3/c1-13(18(6-2-3-7-18)21-8-10-23-11-9-21)19-17(22)15-12-16(24-20-15)14-4-5-14/h12-14H,2-11H2,1H3,(H,19,22). The number of carbonyl (C=O) groups excluding carboxylic acids is 1. The summed E-state index contributed by atoms with van der Waals surface area (Å²) >= 11 is 0. The van der Waals surface area contributed by atoms with Crippen LogP contribution in [0.3, 0.4) is 0 Å². The van der Waals surface area contributed by atoms with Crippen molar-refractivity contribution in [2.75, 3.05) is 26.3 Å². The number of amides is 1. The van der Waals surface area contributed by atoms with Crippen LogP contribution < -0.4 is 5.32 Å². The number of nitrogens with zero attached hydrogens (tertiary/aromatic N) is 2. The lowest BCUT2D eigenvalue weighted by atomic mass is 9.86. The molecule has 6 heteroatoms. The normalized spacial score (nSPS) is 25.5. The fraction of sp³-hybridized carbons (Fsp3) is 0.778. The quantitative estimate of drug-likeness (QED) is 0.896. The molecule has 4 rings (SSSR count). The van der Waals surface area contributed by atoms with E-state index in [1.54, 1.807) is 0 Å². The molecule has 6 nitrogen and oxygen atoms in total. The molecular weight excluding hydrogens is 306 g/mol. The Morgan fingerprint density at radius 2 is 2.04 bits per heavy atom. The summed E-state index contributed by atoms with van der Waals surface area (Å²) in [6.45, 7) is 5.62. The maximum absolute atomic E-state index is 12.6. The van der Waals surface area contributed by atoms with Crippen molar-refractivity contribution in [3.8, 4) is 0 Å². The van der Waals surface area contributed by atoms with Gasteiger partial charge in [-0.1, -0.05) is 18.0 Å². The molecule has 24 heavy (non-hydrogen) atoms. The van der Waals surface area contributed by atoms with Crippen LogP contribution in [0.2, 0.25) is 0 Å². The summed E-state index contributed by atoms with van der Waals surface area (Å²) in [5.41, 5.74) is 0.474. The van der Waals surface area contributed by atoms with Crippen LogP contribution in [0, 0.1) is 0 Å². The molecule has 1 atom stereocenters. The maximum Gasteiger partial charge on any atom is 0.273 e.